The molecule has 24 heavy (non-hydrogen) atoms. The fourth-order valence-electron chi connectivity index (χ4n) is 2.13. The second-order valence-electron chi connectivity index (χ2n) is 5.50. The molecule has 0 heterocycles. The van der Waals surface area contributed by atoms with E-state index in [0.29, 0.717) is 11.6 Å². The predicted molar refractivity (Wildman–Crippen MR) is 96.9 cm³/mol. The van der Waals surface area contributed by atoms with Crippen molar-refractivity contribution in [1.82, 2.24) is 5.32 Å². The minimum Gasteiger partial charge on any atom is -0.506 e. The third-order valence-corrected chi connectivity index (χ3v) is 3.99. The maximum Gasteiger partial charge on any atom is 0.257 e. The summed E-state index contributed by atoms with van der Waals surface area (Å²) in [6, 6.07) is 10.4. The number of carbonyl (C=O) groups is 1. The Kier molecular flexibility index (Phi) is 5.87. The van der Waals surface area contributed by atoms with Gasteiger partial charge in [-0.1, -0.05) is 19.9 Å². The van der Waals surface area contributed by atoms with E-state index in [9.17, 15) is 14.3 Å². The Balaban J connectivity index is 2.06. The Morgan fingerprint density at radius 2 is 1.92 bits per heavy atom. The Bertz CT molecular complexity index is 747. The second kappa shape index (κ2) is 7.88. The van der Waals surface area contributed by atoms with E-state index in [1.54, 1.807) is 12.1 Å². The van der Waals surface area contributed by atoms with Gasteiger partial charge in [0.15, 0.2) is 5.11 Å². The summed E-state index contributed by atoms with van der Waals surface area (Å²) in [7, 11) is 0. The lowest BCUT2D eigenvalue weighted by atomic mass is 9.98. The average molecular weight is 346 g/mol. The van der Waals surface area contributed by atoms with E-state index in [4.69, 9.17) is 12.2 Å². The molecule has 2 aromatic carbocycles. The third-order valence-electron chi connectivity index (χ3n) is 3.78. The van der Waals surface area contributed by atoms with Gasteiger partial charge in [-0.15, -0.1) is 0 Å². The molecule has 3 N–H and O–H groups in total. The number of phenols is 1. The molecule has 0 fully saturated rings. The van der Waals surface area contributed by atoms with Gasteiger partial charge in [0.05, 0.1) is 5.69 Å². The van der Waals surface area contributed by atoms with E-state index in [2.05, 4.69) is 24.5 Å². The fourth-order valence-corrected chi connectivity index (χ4v) is 2.33. The zero-order valence-electron chi connectivity index (χ0n) is 13.5. The number of phenolic OH excluding ortho intramolecular Hbond substituents is 1. The van der Waals surface area contributed by atoms with Gasteiger partial charge in [-0.3, -0.25) is 10.1 Å². The highest BCUT2D eigenvalue weighted by Crippen LogP contribution is 2.29. The van der Waals surface area contributed by atoms with Crippen LogP contribution >= 0.6 is 12.2 Å². The average Bonchev–Trinajstić information content (AvgIpc) is 2.56. The van der Waals surface area contributed by atoms with Crippen molar-refractivity contribution in [2.75, 3.05) is 5.32 Å². The molecular weight excluding hydrogens is 327 g/mol. The number of hydrogen-bond acceptors (Lipinski definition) is 3. The summed E-state index contributed by atoms with van der Waals surface area (Å²) < 4.78 is 12.9. The summed E-state index contributed by atoms with van der Waals surface area (Å²) in [4.78, 5) is 12.0. The topological polar surface area (TPSA) is 61.4 Å². The molecule has 0 aliphatic heterocycles. The number of halogens is 1. The smallest absolute Gasteiger partial charge is 0.257 e. The van der Waals surface area contributed by atoms with Gasteiger partial charge in [0.25, 0.3) is 5.91 Å². The van der Waals surface area contributed by atoms with Crippen molar-refractivity contribution in [1.29, 1.82) is 0 Å². The third kappa shape index (κ3) is 4.52. The normalized spacial score (nSPS) is 11.6. The lowest BCUT2D eigenvalue weighted by Crippen LogP contribution is -2.34. The summed E-state index contributed by atoms with van der Waals surface area (Å²) in [5, 5.41) is 15.3. The number of nitrogens with one attached hydrogen (secondary N) is 2. The molecule has 0 bridgehead atoms. The van der Waals surface area contributed by atoms with Gasteiger partial charge in [0.2, 0.25) is 0 Å². The van der Waals surface area contributed by atoms with Crippen LogP contribution in [0.15, 0.2) is 42.5 Å². The summed E-state index contributed by atoms with van der Waals surface area (Å²) in [6.45, 7) is 4.17. The second-order valence-corrected chi connectivity index (χ2v) is 5.91. The summed E-state index contributed by atoms with van der Waals surface area (Å²) in [5.41, 5.74) is 1.78. The number of anilines is 1. The number of carbonyl (C=O) groups excluding carboxylic acids is 1. The van der Waals surface area contributed by atoms with Gasteiger partial charge in [0, 0.05) is 5.56 Å². The number of benzene rings is 2. The van der Waals surface area contributed by atoms with E-state index in [-0.39, 0.29) is 16.4 Å². The van der Waals surface area contributed by atoms with Crippen LogP contribution in [0.25, 0.3) is 0 Å². The maximum absolute atomic E-state index is 12.9. The lowest BCUT2D eigenvalue weighted by molar-refractivity contribution is 0.0977. The van der Waals surface area contributed by atoms with Gasteiger partial charge in [-0.25, -0.2) is 4.39 Å². The molecule has 0 aliphatic carbocycles. The molecule has 2 rings (SSSR count). The molecule has 6 heteroatoms. The molecule has 1 atom stereocenters. The van der Waals surface area contributed by atoms with Crippen LogP contribution < -0.4 is 10.6 Å². The van der Waals surface area contributed by atoms with Crippen molar-refractivity contribution >= 4 is 28.9 Å². The Morgan fingerprint density at radius 1 is 1.25 bits per heavy atom. The van der Waals surface area contributed by atoms with Crippen molar-refractivity contribution in [2.45, 2.75) is 26.2 Å². The van der Waals surface area contributed by atoms with Crippen molar-refractivity contribution in [3.8, 4) is 5.75 Å². The highest BCUT2D eigenvalue weighted by atomic mass is 32.1. The number of amides is 1. The first-order chi connectivity index (χ1) is 11.4. The molecule has 0 aromatic heterocycles. The van der Waals surface area contributed by atoms with Crippen LogP contribution in [-0.2, 0) is 0 Å². The predicted octanol–water partition coefficient (Wildman–Crippen LogP) is 4.17. The molecule has 4 nitrogen and oxygen atoms in total. The highest BCUT2D eigenvalue weighted by molar-refractivity contribution is 7.80. The molecule has 0 aliphatic rings. The van der Waals surface area contributed by atoms with Crippen LogP contribution in [0.4, 0.5) is 10.1 Å². The monoisotopic (exact) mass is 346 g/mol. The van der Waals surface area contributed by atoms with Crippen molar-refractivity contribution in [3.63, 3.8) is 0 Å². The summed E-state index contributed by atoms with van der Waals surface area (Å²) in [6.07, 6.45) is 0.968. The van der Waals surface area contributed by atoms with E-state index < -0.39 is 11.7 Å². The lowest BCUT2D eigenvalue weighted by Gasteiger charge is -2.14. The number of hydrogen-bond donors (Lipinski definition) is 3. The maximum atomic E-state index is 12.9. The minimum absolute atomic E-state index is 0.0421. The SMILES string of the molecule is CC[C@@H](C)c1ccc(O)c(NC(=S)NC(=O)c2ccc(F)cc2)c1. The molecule has 0 spiro atoms. The standard InChI is InChI=1S/C18H19FN2O2S/c1-3-11(2)13-6-9-16(22)15(10-13)20-18(24)21-17(23)12-4-7-14(19)8-5-12/h4-11,22H,3H2,1-2H3,(H2,20,21,23,24)/t11-/m1/s1. The molecular formula is C18H19FN2O2S. The van der Waals surface area contributed by atoms with Gasteiger partial charge >= 0.3 is 0 Å². The molecule has 0 unspecified atom stereocenters. The van der Waals surface area contributed by atoms with Gasteiger partial charge in [0.1, 0.15) is 11.6 Å². The van der Waals surface area contributed by atoms with Crippen molar-refractivity contribution in [2.24, 2.45) is 0 Å². The van der Waals surface area contributed by atoms with Crippen LogP contribution in [-0.4, -0.2) is 16.1 Å². The van der Waals surface area contributed by atoms with E-state index in [1.807, 2.05) is 6.07 Å². The minimum atomic E-state index is -0.454. The van der Waals surface area contributed by atoms with Crippen LogP contribution in [0.1, 0.15) is 42.1 Å². The van der Waals surface area contributed by atoms with Gasteiger partial charge < -0.3 is 10.4 Å². The van der Waals surface area contributed by atoms with Crippen LogP contribution in [0.5, 0.6) is 5.75 Å². The summed E-state index contributed by atoms with van der Waals surface area (Å²) in [5.74, 6) is -0.488. The highest BCUT2D eigenvalue weighted by Gasteiger charge is 2.11. The summed E-state index contributed by atoms with van der Waals surface area (Å²) >= 11 is 5.11. The quantitative estimate of drug-likeness (QED) is 0.574. The number of aromatic hydroxyl groups is 1. The van der Waals surface area contributed by atoms with Crippen LogP contribution in [0.2, 0.25) is 0 Å². The number of rotatable bonds is 4. The van der Waals surface area contributed by atoms with Crippen LogP contribution in [0, 0.1) is 5.82 Å². The Labute approximate surface area is 145 Å². The molecule has 0 saturated heterocycles. The Morgan fingerprint density at radius 3 is 2.54 bits per heavy atom. The fraction of sp³-hybridized carbons (Fsp3) is 0.222. The van der Waals surface area contributed by atoms with Crippen molar-refractivity contribution < 1.29 is 14.3 Å². The van der Waals surface area contributed by atoms with E-state index in [0.717, 1.165) is 12.0 Å². The Hall–Kier alpha value is -2.47. The first kappa shape index (κ1) is 17.9. The van der Waals surface area contributed by atoms with Crippen molar-refractivity contribution in [3.05, 3.63) is 59.4 Å². The molecule has 0 saturated carbocycles. The molecule has 1 amide bonds. The van der Waals surface area contributed by atoms with E-state index in [1.165, 1.54) is 24.3 Å². The number of thiocarbonyl (C=S) groups is 1. The zero-order chi connectivity index (χ0) is 17.7. The first-order valence-corrected chi connectivity index (χ1v) is 8.02. The van der Waals surface area contributed by atoms with Gasteiger partial charge in [-0.05, 0) is 66.5 Å². The largest absolute Gasteiger partial charge is 0.506 e. The molecule has 0 radical (unpaired) electrons. The van der Waals surface area contributed by atoms with Gasteiger partial charge in [-0.2, -0.15) is 0 Å². The van der Waals surface area contributed by atoms with E-state index >= 15 is 0 Å². The molecule has 2 aromatic rings. The first-order valence-electron chi connectivity index (χ1n) is 7.61. The van der Waals surface area contributed by atoms with Crippen LogP contribution in [0.3, 0.4) is 0 Å². The molecule has 126 valence electrons. The zero-order valence-corrected chi connectivity index (χ0v) is 14.3.